The maximum atomic E-state index is 12.2. The lowest BCUT2D eigenvalue weighted by Gasteiger charge is -2.26. The predicted octanol–water partition coefficient (Wildman–Crippen LogP) is 1.21. The van der Waals surface area contributed by atoms with Crippen LogP contribution in [0.3, 0.4) is 0 Å². The van der Waals surface area contributed by atoms with E-state index in [0.717, 1.165) is 57.8 Å². The monoisotopic (exact) mass is 288 g/mol. The Labute approximate surface area is 126 Å². The molecule has 2 aliphatic rings. The third-order valence-electron chi connectivity index (χ3n) is 4.57. The number of aromatic nitrogens is 2. The molecule has 0 saturated carbocycles. The molecule has 1 atom stereocenters. The van der Waals surface area contributed by atoms with Gasteiger partial charge in [-0.05, 0) is 19.8 Å². The van der Waals surface area contributed by atoms with Gasteiger partial charge in [-0.3, -0.25) is 9.69 Å². The fourth-order valence-corrected chi connectivity index (χ4v) is 3.07. The summed E-state index contributed by atoms with van der Waals surface area (Å²) in [5.41, 5.74) is 1.48. The molecular weight excluding hydrogens is 264 g/mol. The van der Waals surface area contributed by atoms with Crippen LogP contribution in [0.1, 0.15) is 25.6 Å². The van der Waals surface area contributed by atoms with Crippen molar-refractivity contribution < 1.29 is 4.79 Å². The van der Waals surface area contributed by atoms with Crippen LogP contribution in [0, 0.1) is 5.92 Å². The zero-order chi connectivity index (χ0) is 14.7. The number of amides is 1. The van der Waals surface area contributed by atoms with Crippen molar-refractivity contribution in [2.45, 2.75) is 32.7 Å². The summed E-state index contributed by atoms with van der Waals surface area (Å²) in [6.07, 6.45) is 8.94. The molecule has 0 fully saturated rings. The summed E-state index contributed by atoms with van der Waals surface area (Å²) < 4.78 is 2.15. The minimum atomic E-state index is 0.0865. The van der Waals surface area contributed by atoms with E-state index in [0.29, 0.717) is 0 Å². The molecule has 1 aromatic rings. The molecule has 0 aromatic carbocycles. The van der Waals surface area contributed by atoms with E-state index in [9.17, 15) is 4.79 Å². The molecule has 2 aliphatic heterocycles. The smallest absolute Gasteiger partial charge is 0.223 e. The Morgan fingerprint density at radius 1 is 1.48 bits per heavy atom. The highest BCUT2D eigenvalue weighted by Crippen LogP contribution is 2.19. The highest BCUT2D eigenvalue weighted by atomic mass is 16.1. The van der Waals surface area contributed by atoms with Gasteiger partial charge in [0, 0.05) is 57.5 Å². The molecule has 3 rings (SSSR count). The summed E-state index contributed by atoms with van der Waals surface area (Å²) in [6.45, 7) is 6.91. The van der Waals surface area contributed by atoms with Crippen LogP contribution in [0.4, 0.5) is 0 Å². The Kier molecular flexibility index (Phi) is 4.39. The fraction of sp³-hybridized carbons (Fsp3) is 0.625. The van der Waals surface area contributed by atoms with Gasteiger partial charge in [-0.2, -0.15) is 0 Å². The molecule has 0 bridgehead atoms. The van der Waals surface area contributed by atoms with E-state index >= 15 is 0 Å². The SMILES string of the molecule is CC1=CCN(CCNC(=O)C2CCn3ccnc3C2)CC1. The number of hydrogen-bond donors (Lipinski definition) is 1. The van der Waals surface area contributed by atoms with Crippen LogP contribution in [-0.2, 0) is 17.8 Å². The van der Waals surface area contributed by atoms with E-state index in [1.54, 1.807) is 0 Å². The number of aryl methyl sites for hydroxylation is 1. The molecule has 0 spiro atoms. The zero-order valence-corrected chi connectivity index (χ0v) is 12.7. The molecule has 1 N–H and O–H groups in total. The first-order chi connectivity index (χ1) is 10.2. The lowest BCUT2D eigenvalue weighted by Crippen LogP contribution is -2.40. The first-order valence-corrected chi connectivity index (χ1v) is 7.88. The van der Waals surface area contributed by atoms with Gasteiger partial charge in [0.15, 0.2) is 0 Å². The Balaban J connectivity index is 1.41. The van der Waals surface area contributed by atoms with Crippen molar-refractivity contribution in [3.8, 4) is 0 Å². The number of nitrogens with zero attached hydrogens (tertiary/aromatic N) is 3. The highest BCUT2D eigenvalue weighted by Gasteiger charge is 2.25. The van der Waals surface area contributed by atoms with Gasteiger partial charge in [-0.15, -0.1) is 0 Å². The average Bonchev–Trinajstić information content (AvgIpc) is 2.96. The summed E-state index contributed by atoms with van der Waals surface area (Å²) in [4.78, 5) is 19.0. The van der Waals surface area contributed by atoms with Gasteiger partial charge in [-0.25, -0.2) is 4.98 Å². The molecule has 0 saturated heterocycles. The average molecular weight is 288 g/mol. The van der Waals surface area contributed by atoms with Crippen LogP contribution < -0.4 is 5.32 Å². The molecule has 1 aromatic heterocycles. The topological polar surface area (TPSA) is 50.2 Å². The molecule has 5 heteroatoms. The highest BCUT2D eigenvalue weighted by molar-refractivity contribution is 5.78. The van der Waals surface area contributed by atoms with Gasteiger partial charge in [-0.1, -0.05) is 11.6 Å². The predicted molar refractivity (Wildman–Crippen MR) is 81.9 cm³/mol. The summed E-state index contributed by atoms with van der Waals surface area (Å²) in [7, 11) is 0. The van der Waals surface area contributed by atoms with Gasteiger partial charge >= 0.3 is 0 Å². The van der Waals surface area contributed by atoms with E-state index in [1.165, 1.54) is 5.57 Å². The number of carbonyl (C=O) groups excluding carboxylic acids is 1. The van der Waals surface area contributed by atoms with E-state index in [4.69, 9.17) is 0 Å². The quantitative estimate of drug-likeness (QED) is 0.847. The number of rotatable bonds is 4. The van der Waals surface area contributed by atoms with Crippen LogP contribution in [0.25, 0.3) is 0 Å². The molecule has 1 unspecified atom stereocenters. The molecule has 0 radical (unpaired) electrons. The second-order valence-corrected chi connectivity index (χ2v) is 6.12. The number of imidazole rings is 1. The normalized spacial score (nSPS) is 22.5. The molecule has 5 nitrogen and oxygen atoms in total. The van der Waals surface area contributed by atoms with Crippen molar-refractivity contribution in [2.24, 2.45) is 5.92 Å². The van der Waals surface area contributed by atoms with Crippen molar-refractivity contribution in [2.75, 3.05) is 26.2 Å². The van der Waals surface area contributed by atoms with E-state index in [-0.39, 0.29) is 11.8 Å². The van der Waals surface area contributed by atoms with Crippen molar-refractivity contribution in [3.63, 3.8) is 0 Å². The van der Waals surface area contributed by atoms with Crippen molar-refractivity contribution in [3.05, 3.63) is 29.9 Å². The van der Waals surface area contributed by atoms with Gasteiger partial charge in [0.05, 0.1) is 0 Å². The van der Waals surface area contributed by atoms with Crippen molar-refractivity contribution in [1.29, 1.82) is 0 Å². The zero-order valence-electron chi connectivity index (χ0n) is 12.7. The summed E-state index contributed by atoms with van der Waals surface area (Å²) in [5, 5.41) is 3.10. The second-order valence-electron chi connectivity index (χ2n) is 6.12. The number of nitrogens with one attached hydrogen (secondary N) is 1. The van der Waals surface area contributed by atoms with Crippen LogP contribution >= 0.6 is 0 Å². The van der Waals surface area contributed by atoms with E-state index in [2.05, 4.69) is 32.8 Å². The lowest BCUT2D eigenvalue weighted by molar-refractivity contribution is -0.125. The Morgan fingerprint density at radius 2 is 2.38 bits per heavy atom. The minimum Gasteiger partial charge on any atom is -0.355 e. The summed E-state index contributed by atoms with van der Waals surface area (Å²) in [6, 6.07) is 0. The molecule has 1 amide bonds. The Morgan fingerprint density at radius 3 is 3.19 bits per heavy atom. The third-order valence-corrected chi connectivity index (χ3v) is 4.57. The molecule has 114 valence electrons. The van der Waals surface area contributed by atoms with E-state index < -0.39 is 0 Å². The summed E-state index contributed by atoms with van der Waals surface area (Å²) in [5.74, 6) is 1.31. The Bertz CT molecular complexity index is 534. The molecule has 0 aliphatic carbocycles. The van der Waals surface area contributed by atoms with Gasteiger partial charge in [0.25, 0.3) is 0 Å². The molecule has 21 heavy (non-hydrogen) atoms. The Hall–Kier alpha value is -1.62. The van der Waals surface area contributed by atoms with Crippen LogP contribution in [0.15, 0.2) is 24.0 Å². The van der Waals surface area contributed by atoms with E-state index in [1.807, 2.05) is 12.4 Å². The second kappa shape index (κ2) is 6.43. The van der Waals surface area contributed by atoms with Crippen LogP contribution in [0.2, 0.25) is 0 Å². The number of carbonyl (C=O) groups is 1. The van der Waals surface area contributed by atoms with Gasteiger partial charge < -0.3 is 9.88 Å². The molecule has 3 heterocycles. The minimum absolute atomic E-state index is 0.0865. The van der Waals surface area contributed by atoms with Crippen molar-refractivity contribution in [1.82, 2.24) is 19.8 Å². The van der Waals surface area contributed by atoms with Crippen molar-refractivity contribution >= 4 is 5.91 Å². The van der Waals surface area contributed by atoms with Crippen LogP contribution in [0.5, 0.6) is 0 Å². The van der Waals surface area contributed by atoms with Gasteiger partial charge in [0.2, 0.25) is 5.91 Å². The summed E-state index contributed by atoms with van der Waals surface area (Å²) >= 11 is 0. The number of hydrogen-bond acceptors (Lipinski definition) is 3. The standard InChI is InChI=1S/C16H24N4O/c1-13-2-7-19(8-3-13)10-5-18-16(21)14-4-9-20-11-6-17-15(20)12-14/h2,6,11,14H,3-5,7-10,12H2,1H3,(H,18,21). The maximum absolute atomic E-state index is 12.2. The lowest BCUT2D eigenvalue weighted by atomic mass is 9.97. The molecular formula is C16H24N4O. The number of fused-ring (bicyclic) bond motifs is 1. The maximum Gasteiger partial charge on any atom is 0.223 e. The third kappa shape index (κ3) is 3.53. The fourth-order valence-electron chi connectivity index (χ4n) is 3.07. The first kappa shape index (κ1) is 14.3. The van der Waals surface area contributed by atoms with Crippen LogP contribution in [-0.4, -0.2) is 46.5 Å². The first-order valence-electron chi connectivity index (χ1n) is 7.88. The van der Waals surface area contributed by atoms with Gasteiger partial charge in [0.1, 0.15) is 5.82 Å². The largest absolute Gasteiger partial charge is 0.355 e.